The van der Waals surface area contributed by atoms with Gasteiger partial charge < -0.3 is 0 Å². The summed E-state index contributed by atoms with van der Waals surface area (Å²) >= 11 is 0. The smallest absolute Gasteiger partial charge is 0.290 e. The highest BCUT2D eigenvalue weighted by atomic mass is 16.2. The molecule has 9 heavy (non-hydrogen) atoms. The highest BCUT2D eigenvalue weighted by molar-refractivity contribution is 5.80. The van der Waals surface area contributed by atoms with Crippen LogP contribution in [0.2, 0.25) is 0 Å². The van der Waals surface area contributed by atoms with Crippen LogP contribution in [0.4, 0.5) is 0 Å². The van der Waals surface area contributed by atoms with Gasteiger partial charge in [0.25, 0.3) is 5.91 Å². The molecule has 0 bridgehead atoms. The third-order valence-corrected chi connectivity index (χ3v) is 1.39. The van der Waals surface area contributed by atoms with E-state index in [4.69, 9.17) is 11.5 Å². The van der Waals surface area contributed by atoms with Gasteiger partial charge in [0.05, 0.1) is 6.54 Å². The van der Waals surface area contributed by atoms with Crippen LogP contribution < -0.4 is 11.5 Å². The lowest BCUT2D eigenvalue weighted by atomic mass is 10.4. The molecule has 0 aliphatic carbocycles. The van der Waals surface area contributed by atoms with Gasteiger partial charge in [0.15, 0.2) is 0 Å². The average Bonchev–Trinajstić information content (AvgIpc) is 2.13. The Hall–Kier alpha value is -1.06. The summed E-state index contributed by atoms with van der Waals surface area (Å²) < 4.78 is 1.40. The summed E-state index contributed by atoms with van der Waals surface area (Å²) in [4.78, 5) is 10.8. The third kappa shape index (κ3) is 1.01. The summed E-state index contributed by atoms with van der Waals surface area (Å²) in [6.45, 7) is 0.682. The number of carbonyl (C=O) groups excluding carboxylic acids is 1. The molecule has 1 aliphatic heterocycles. The SMILES string of the molecule is NC(N)=[N+]1CCCC1=O. The van der Waals surface area contributed by atoms with Crippen LogP contribution in [-0.4, -0.2) is 23.0 Å². The molecule has 0 spiro atoms. The predicted molar refractivity (Wildman–Crippen MR) is 32.8 cm³/mol. The molecule has 4 nitrogen and oxygen atoms in total. The number of carbonyl (C=O) groups is 1. The lowest BCUT2D eigenvalue weighted by Crippen LogP contribution is -2.36. The molecule has 4 heteroatoms. The van der Waals surface area contributed by atoms with Crippen LogP contribution in [0.15, 0.2) is 0 Å². The zero-order valence-electron chi connectivity index (χ0n) is 5.13. The minimum Gasteiger partial charge on any atom is -0.290 e. The van der Waals surface area contributed by atoms with E-state index in [2.05, 4.69) is 0 Å². The first-order valence-electron chi connectivity index (χ1n) is 2.90. The van der Waals surface area contributed by atoms with Crippen LogP contribution in [0.5, 0.6) is 0 Å². The number of nitrogens with zero attached hydrogens (tertiary/aromatic N) is 1. The molecule has 50 valence electrons. The summed E-state index contributed by atoms with van der Waals surface area (Å²) in [5.41, 5.74) is 10.4. The molecule has 0 radical (unpaired) electrons. The lowest BCUT2D eigenvalue weighted by molar-refractivity contribution is -0.435. The van der Waals surface area contributed by atoms with E-state index in [9.17, 15) is 4.79 Å². The van der Waals surface area contributed by atoms with Crippen molar-refractivity contribution in [3.63, 3.8) is 0 Å². The van der Waals surface area contributed by atoms with Crippen molar-refractivity contribution in [2.24, 2.45) is 11.5 Å². The second-order valence-electron chi connectivity index (χ2n) is 2.07. The Morgan fingerprint density at radius 1 is 1.56 bits per heavy atom. The highest BCUT2D eigenvalue weighted by Gasteiger charge is 2.20. The van der Waals surface area contributed by atoms with Gasteiger partial charge in [-0.2, -0.15) is 0 Å². The molecule has 0 aromatic carbocycles. The Bertz CT molecular complexity index is 169. The summed E-state index contributed by atoms with van der Waals surface area (Å²) in [5, 5.41) is 0. The molecule has 0 atom stereocenters. The molecular weight excluding hydrogens is 118 g/mol. The fraction of sp³-hybridized carbons (Fsp3) is 0.600. The van der Waals surface area contributed by atoms with Crippen LogP contribution >= 0.6 is 0 Å². The molecule has 1 amide bonds. The Morgan fingerprint density at radius 2 is 2.22 bits per heavy atom. The Balaban J connectivity index is 2.83. The average molecular weight is 128 g/mol. The number of rotatable bonds is 0. The van der Waals surface area contributed by atoms with Gasteiger partial charge in [0, 0.05) is 6.42 Å². The van der Waals surface area contributed by atoms with E-state index in [1.807, 2.05) is 0 Å². The fourth-order valence-corrected chi connectivity index (χ4v) is 0.921. The van der Waals surface area contributed by atoms with E-state index in [0.717, 1.165) is 6.42 Å². The van der Waals surface area contributed by atoms with Crippen LogP contribution in [0.25, 0.3) is 0 Å². The molecule has 1 saturated heterocycles. The maximum absolute atomic E-state index is 10.8. The normalized spacial score (nSPS) is 18.7. The Morgan fingerprint density at radius 3 is 2.44 bits per heavy atom. The van der Waals surface area contributed by atoms with Crippen molar-refractivity contribution in [3.05, 3.63) is 0 Å². The minimum absolute atomic E-state index is 0.0370. The van der Waals surface area contributed by atoms with Crippen molar-refractivity contribution in [3.8, 4) is 0 Å². The number of guanidine groups is 1. The molecular formula is C5H10N3O+. The summed E-state index contributed by atoms with van der Waals surface area (Å²) in [7, 11) is 0. The highest BCUT2D eigenvalue weighted by Crippen LogP contribution is 2.01. The predicted octanol–water partition coefficient (Wildman–Crippen LogP) is -1.41. The van der Waals surface area contributed by atoms with Gasteiger partial charge in [-0.1, -0.05) is 0 Å². The topological polar surface area (TPSA) is 72.1 Å². The largest absolute Gasteiger partial charge is 0.348 e. The maximum atomic E-state index is 10.8. The third-order valence-electron chi connectivity index (χ3n) is 1.39. The van der Waals surface area contributed by atoms with Gasteiger partial charge in [-0.25, -0.2) is 4.58 Å². The molecule has 0 saturated carbocycles. The van der Waals surface area contributed by atoms with E-state index in [1.54, 1.807) is 0 Å². The van der Waals surface area contributed by atoms with E-state index in [0.29, 0.717) is 13.0 Å². The van der Waals surface area contributed by atoms with Crippen molar-refractivity contribution in [1.29, 1.82) is 0 Å². The van der Waals surface area contributed by atoms with Crippen molar-refractivity contribution in [2.45, 2.75) is 12.8 Å². The van der Waals surface area contributed by atoms with Crippen molar-refractivity contribution < 1.29 is 9.37 Å². The van der Waals surface area contributed by atoms with E-state index in [1.165, 1.54) is 4.58 Å². The van der Waals surface area contributed by atoms with Gasteiger partial charge in [-0.05, 0) is 6.42 Å². The number of amides is 1. The standard InChI is InChI=1S/C5H9N3O/c6-5(7)8-3-1-2-4(8)9/h1-3H2,(H3,6,7)/p+1. The van der Waals surface area contributed by atoms with Gasteiger partial charge in [0.1, 0.15) is 0 Å². The first kappa shape index (κ1) is 6.07. The maximum Gasteiger partial charge on any atom is 0.348 e. The van der Waals surface area contributed by atoms with E-state index in [-0.39, 0.29) is 11.9 Å². The zero-order chi connectivity index (χ0) is 6.85. The fourth-order valence-electron chi connectivity index (χ4n) is 0.921. The molecule has 1 fully saturated rings. The summed E-state index contributed by atoms with van der Waals surface area (Å²) in [5.74, 6) is 0.160. The molecule has 1 rings (SSSR count). The van der Waals surface area contributed by atoms with Gasteiger partial charge in [-0.3, -0.25) is 16.3 Å². The molecule has 0 aromatic heterocycles. The first-order chi connectivity index (χ1) is 4.22. The molecule has 0 unspecified atom stereocenters. The summed E-state index contributed by atoms with van der Waals surface area (Å²) in [6.07, 6.45) is 1.45. The van der Waals surface area contributed by atoms with Crippen molar-refractivity contribution >= 4 is 11.9 Å². The Labute approximate surface area is 53.1 Å². The van der Waals surface area contributed by atoms with Crippen LogP contribution in [-0.2, 0) is 4.79 Å². The number of hydrogen-bond acceptors (Lipinski definition) is 1. The quantitative estimate of drug-likeness (QED) is 0.311. The van der Waals surface area contributed by atoms with Crippen molar-refractivity contribution in [2.75, 3.05) is 6.54 Å². The number of nitrogens with two attached hydrogens (primary N) is 2. The molecule has 0 aromatic rings. The van der Waals surface area contributed by atoms with Crippen molar-refractivity contribution in [1.82, 2.24) is 0 Å². The summed E-state index contributed by atoms with van der Waals surface area (Å²) in [6, 6.07) is 0. The van der Waals surface area contributed by atoms with E-state index < -0.39 is 0 Å². The monoisotopic (exact) mass is 128 g/mol. The Kier molecular flexibility index (Phi) is 1.38. The van der Waals surface area contributed by atoms with Gasteiger partial charge in [0.2, 0.25) is 0 Å². The molecule has 4 N–H and O–H groups in total. The van der Waals surface area contributed by atoms with Gasteiger partial charge in [-0.15, -0.1) is 0 Å². The first-order valence-corrected chi connectivity index (χ1v) is 2.90. The molecule has 1 aliphatic rings. The van der Waals surface area contributed by atoms with Crippen LogP contribution in [0.3, 0.4) is 0 Å². The minimum atomic E-state index is 0.0370. The van der Waals surface area contributed by atoms with E-state index >= 15 is 0 Å². The second kappa shape index (κ2) is 2.05. The molecule has 1 heterocycles. The van der Waals surface area contributed by atoms with Crippen LogP contribution in [0, 0.1) is 0 Å². The number of hydrogen-bond donors (Lipinski definition) is 2. The van der Waals surface area contributed by atoms with Gasteiger partial charge >= 0.3 is 5.96 Å². The zero-order valence-corrected chi connectivity index (χ0v) is 5.13. The van der Waals surface area contributed by atoms with Crippen LogP contribution in [0.1, 0.15) is 12.8 Å². The lowest BCUT2D eigenvalue weighted by Gasteiger charge is -1.92. The second-order valence-corrected chi connectivity index (χ2v) is 2.07.